The highest BCUT2D eigenvalue weighted by atomic mass is 16.6. The number of ether oxygens (including phenoxy) is 4. The maximum absolute atomic E-state index is 12.9. The van der Waals surface area contributed by atoms with E-state index in [0.717, 1.165) is 0 Å². The Labute approximate surface area is 170 Å². The van der Waals surface area contributed by atoms with Crippen molar-refractivity contribution >= 4 is 23.9 Å². The van der Waals surface area contributed by atoms with Crippen molar-refractivity contribution in [3.63, 3.8) is 0 Å². The Hall–Kier alpha value is -2.12. The van der Waals surface area contributed by atoms with Gasteiger partial charge in [0.05, 0.1) is 23.9 Å². The summed E-state index contributed by atoms with van der Waals surface area (Å²) >= 11 is 0. The monoisotopic (exact) mass is 410 g/mol. The lowest BCUT2D eigenvalue weighted by Gasteiger charge is -2.33. The molecule has 1 aliphatic heterocycles. The van der Waals surface area contributed by atoms with E-state index in [2.05, 4.69) is 0 Å². The van der Waals surface area contributed by atoms with Crippen LogP contribution in [0.2, 0.25) is 0 Å². The summed E-state index contributed by atoms with van der Waals surface area (Å²) in [6.45, 7) is 10.2. The third kappa shape index (κ3) is 3.51. The van der Waals surface area contributed by atoms with Gasteiger partial charge in [-0.3, -0.25) is 14.4 Å². The van der Waals surface area contributed by atoms with Crippen LogP contribution in [0.1, 0.15) is 54.4 Å². The van der Waals surface area contributed by atoms with Crippen LogP contribution < -0.4 is 0 Å². The average Bonchev–Trinajstić information content (AvgIpc) is 3.24. The maximum atomic E-state index is 12.9. The van der Waals surface area contributed by atoms with Gasteiger partial charge in [0.1, 0.15) is 12.2 Å². The van der Waals surface area contributed by atoms with Crippen LogP contribution in [-0.4, -0.2) is 48.3 Å². The number of hydrogen-bond donors (Lipinski definition) is 0. The Bertz CT molecular complexity index is 724. The van der Waals surface area contributed by atoms with E-state index in [1.807, 2.05) is 6.92 Å². The first-order chi connectivity index (χ1) is 13.4. The lowest BCUT2D eigenvalue weighted by molar-refractivity contribution is -0.193. The van der Waals surface area contributed by atoms with Crippen molar-refractivity contribution in [3.8, 4) is 0 Å². The van der Waals surface area contributed by atoms with Crippen LogP contribution in [0.4, 0.5) is 0 Å². The summed E-state index contributed by atoms with van der Waals surface area (Å²) in [7, 11) is 0. The van der Waals surface area contributed by atoms with Crippen molar-refractivity contribution in [1.82, 2.24) is 0 Å². The molecule has 2 saturated carbocycles. The minimum atomic E-state index is -1.51. The van der Waals surface area contributed by atoms with Crippen molar-refractivity contribution in [3.05, 3.63) is 0 Å². The van der Waals surface area contributed by atoms with Crippen molar-refractivity contribution in [2.24, 2.45) is 29.1 Å². The van der Waals surface area contributed by atoms with E-state index < -0.39 is 58.9 Å². The van der Waals surface area contributed by atoms with Gasteiger partial charge in [-0.25, -0.2) is 4.79 Å². The zero-order valence-electron chi connectivity index (χ0n) is 17.9. The summed E-state index contributed by atoms with van der Waals surface area (Å²) in [6.07, 6.45) is -0.192. The molecule has 6 unspecified atom stereocenters. The predicted octanol–water partition coefficient (Wildman–Crippen LogP) is 2.03. The first kappa shape index (κ1) is 21.6. The minimum Gasteiger partial charge on any atom is -0.466 e. The van der Waals surface area contributed by atoms with Gasteiger partial charge in [0.2, 0.25) is 5.60 Å². The quantitative estimate of drug-likeness (QED) is 0.464. The highest BCUT2D eigenvalue weighted by molar-refractivity contribution is 5.87. The lowest BCUT2D eigenvalue weighted by Crippen LogP contribution is -2.48. The molecule has 8 nitrogen and oxygen atoms in total. The van der Waals surface area contributed by atoms with E-state index in [-0.39, 0.29) is 18.4 Å². The molecule has 0 aromatic carbocycles. The van der Waals surface area contributed by atoms with E-state index >= 15 is 0 Å². The molecule has 3 fully saturated rings. The molecule has 6 atom stereocenters. The predicted molar refractivity (Wildman–Crippen MR) is 99.2 cm³/mol. The normalized spacial score (nSPS) is 32.7. The second kappa shape index (κ2) is 7.29. The zero-order valence-corrected chi connectivity index (χ0v) is 17.9. The van der Waals surface area contributed by atoms with Gasteiger partial charge in [0.25, 0.3) is 0 Å². The van der Waals surface area contributed by atoms with Crippen LogP contribution in [0.25, 0.3) is 0 Å². The van der Waals surface area contributed by atoms with Gasteiger partial charge in [0, 0.05) is 11.8 Å². The molecule has 3 rings (SSSR count). The van der Waals surface area contributed by atoms with Crippen molar-refractivity contribution < 1.29 is 38.1 Å². The van der Waals surface area contributed by atoms with Crippen LogP contribution in [0.3, 0.4) is 0 Å². The number of hydrogen-bond acceptors (Lipinski definition) is 8. The number of carbonyl (C=O) groups is 4. The number of esters is 4. The van der Waals surface area contributed by atoms with E-state index in [1.165, 1.54) is 13.8 Å². The zero-order chi connectivity index (χ0) is 21.7. The summed E-state index contributed by atoms with van der Waals surface area (Å²) in [5, 5.41) is 0. The molecule has 2 aliphatic carbocycles. The SMILES string of the molecule is CCOC(=O)C1C2CC3C(OC(=O)C31)C2OC(=O)C(C)(C)OC(=O)C(C)(C)CC. The van der Waals surface area contributed by atoms with Gasteiger partial charge < -0.3 is 18.9 Å². The fourth-order valence-electron chi connectivity index (χ4n) is 4.53. The van der Waals surface area contributed by atoms with Crippen molar-refractivity contribution in [2.75, 3.05) is 6.61 Å². The second-order valence-electron chi connectivity index (χ2n) is 9.28. The smallest absolute Gasteiger partial charge is 0.350 e. The van der Waals surface area contributed by atoms with Crippen molar-refractivity contribution in [2.45, 2.75) is 72.2 Å². The molecule has 3 aliphatic rings. The van der Waals surface area contributed by atoms with Gasteiger partial charge in [-0.15, -0.1) is 0 Å². The molecule has 8 heteroatoms. The van der Waals surface area contributed by atoms with Crippen molar-refractivity contribution in [1.29, 1.82) is 0 Å². The average molecular weight is 410 g/mol. The summed E-state index contributed by atoms with van der Waals surface area (Å²) in [4.78, 5) is 50.0. The van der Waals surface area contributed by atoms with Gasteiger partial charge >= 0.3 is 23.9 Å². The second-order valence-corrected chi connectivity index (χ2v) is 9.28. The third-order valence-electron chi connectivity index (χ3n) is 6.62. The topological polar surface area (TPSA) is 105 Å². The van der Waals surface area contributed by atoms with Gasteiger partial charge in [-0.1, -0.05) is 6.92 Å². The highest BCUT2D eigenvalue weighted by Gasteiger charge is 2.70. The number of fused-ring (bicyclic) bond motifs is 1. The van der Waals surface area contributed by atoms with Crippen LogP contribution in [-0.2, 0) is 38.1 Å². The third-order valence-corrected chi connectivity index (χ3v) is 6.62. The van der Waals surface area contributed by atoms with E-state index in [9.17, 15) is 19.2 Å². The largest absolute Gasteiger partial charge is 0.466 e. The van der Waals surface area contributed by atoms with Crippen LogP contribution in [0.5, 0.6) is 0 Å². The molecule has 0 radical (unpaired) electrons. The molecular weight excluding hydrogens is 380 g/mol. The molecule has 29 heavy (non-hydrogen) atoms. The van der Waals surface area contributed by atoms with Crippen LogP contribution in [0, 0.1) is 29.1 Å². The Balaban J connectivity index is 1.74. The van der Waals surface area contributed by atoms with E-state index in [4.69, 9.17) is 18.9 Å². The molecule has 0 N–H and O–H groups in total. The summed E-state index contributed by atoms with van der Waals surface area (Å²) in [6, 6.07) is 0. The van der Waals surface area contributed by atoms with Crippen LogP contribution >= 0.6 is 0 Å². The Morgan fingerprint density at radius 3 is 2.31 bits per heavy atom. The number of carbonyl (C=O) groups excluding carboxylic acids is 4. The molecule has 0 aromatic rings. The summed E-state index contributed by atoms with van der Waals surface area (Å²) in [5.41, 5.74) is -2.24. The molecule has 2 bridgehead atoms. The molecule has 1 heterocycles. The fraction of sp³-hybridized carbons (Fsp3) is 0.810. The van der Waals surface area contributed by atoms with E-state index in [1.54, 1.807) is 20.8 Å². The van der Waals surface area contributed by atoms with Gasteiger partial charge in [-0.2, -0.15) is 0 Å². The molecule has 0 aromatic heterocycles. The molecular formula is C21H30O8. The highest BCUT2D eigenvalue weighted by Crippen LogP contribution is 2.59. The molecule has 0 amide bonds. The fourth-order valence-corrected chi connectivity index (χ4v) is 4.53. The Morgan fingerprint density at radius 2 is 1.72 bits per heavy atom. The standard InChI is InChI=1S/C21H30O8/c1-7-20(3,4)18(24)29-21(5,6)19(25)28-15-10-9-11-13(17(23)27-14(11)15)12(10)16(22)26-8-2/h10-15H,7-9H2,1-6H3. The molecule has 0 spiro atoms. The summed E-state index contributed by atoms with van der Waals surface area (Å²) in [5.74, 6) is -3.83. The molecule has 1 saturated heterocycles. The maximum Gasteiger partial charge on any atom is 0.350 e. The minimum absolute atomic E-state index is 0.163. The number of rotatable bonds is 7. The first-order valence-electron chi connectivity index (χ1n) is 10.3. The van der Waals surface area contributed by atoms with Crippen LogP contribution in [0.15, 0.2) is 0 Å². The Kier molecular flexibility index (Phi) is 5.43. The summed E-state index contributed by atoms with van der Waals surface area (Å²) < 4.78 is 21.7. The molecule has 162 valence electrons. The van der Waals surface area contributed by atoms with Gasteiger partial charge in [-0.05, 0) is 47.5 Å². The first-order valence-corrected chi connectivity index (χ1v) is 10.3. The lowest BCUT2D eigenvalue weighted by atomic mass is 9.78. The Morgan fingerprint density at radius 1 is 1.07 bits per heavy atom. The van der Waals surface area contributed by atoms with Gasteiger partial charge in [0.15, 0.2) is 0 Å². The van der Waals surface area contributed by atoms with E-state index in [0.29, 0.717) is 12.8 Å².